The van der Waals surface area contributed by atoms with Crippen LogP contribution in [0.25, 0.3) is 5.70 Å². The fourth-order valence-electron chi connectivity index (χ4n) is 1.20. The minimum atomic E-state index is -0.875. The molecule has 5 heteroatoms. The molecular weight excluding hydrogens is 220 g/mol. The summed E-state index contributed by atoms with van der Waals surface area (Å²) in [7, 11) is 0. The lowest BCUT2D eigenvalue weighted by molar-refractivity contribution is 0.169. The van der Waals surface area contributed by atoms with E-state index in [0.29, 0.717) is 5.70 Å². The molecule has 0 unspecified atom stereocenters. The molecule has 0 heterocycles. The van der Waals surface area contributed by atoms with Crippen molar-refractivity contribution >= 4 is 17.9 Å². The summed E-state index contributed by atoms with van der Waals surface area (Å²) >= 11 is 0. The Hall–Kier alpha value is -2.39. The maximum atomic E-state index is 10.4. The molecule has 0 saturated carbocycles. The number of aliphatic imine (C=N–C) groups is 1. The van der Waals surface area contributed by atoms with E-state index >= 15 is 0 Å². The first-order chi connectivity index (χ1) is 8.13. The largest absolute Gasteiger partial charge is 0.445 e. The van der Waals surface area contributed by atoms with E-state index in [-0.39, 0.29) is 6.61 Å². The van der Waals surface area contributed by atoms with Crippen LogP contribution in [0.15, 0.2) is 35.3 Å². The van der Waals surface area contributed by atoms with E-state index in [4.69, 9.17) is 5.73 Å². The molecule has 1 rings (SSSR count). The van der Waals surface area contributed by atoms with E-state index in [1.54, 1.807) is 0 Å². The van der Waals surface area contributed by atoms with E-state index in [2.05, 4.69) is 9.73 Å². The Balaban J connectivity index is 2.88. The van der Waals surface area contributed by atoms with Gasteiger partial charge in [-0.05, 0) is 13.0 Å². The summed E-state index contributed by atoms with van der Waals surface area (Å²) < 4.78 is 4.54. The number of benzene rings is 1. The molecule has 88 valence electrons. The van der Waals surface area contributed by atoms with Gasteiger partial charge < -0.3 is 10.5 Å². The number of aryl methyl sites for hydroxylation is 1. The second-order valence-electron chi connectivity index (χ2n) is 3.29. The summed E-state index contributed by atoms with van der Waals surface area (Å²) in [5.74, 6) is 0. The molecule has 0 bridgehead atoms. The molecule has 17 heavy (non-hydrogen) atoms. The third kappa shape index (κ3) is 4.32. The van der Waals surface area contributed by atoms with E-state index in [1.807, 2.05) is 31.2 Å². The number of rotatable bonds is 4. The highest BCUT2D eigenvalue weighted by atomic mass is 16.5. The van der Waals surface area contributed by atoms with Gasteiger partial charge in [-0.25, -0.2) is 9.59 Å². The summed E-state index contributed by atoms with van der Waals surface area (Å²) in [6.07, 6.45) is 2.07. The summed E-state index contributed by atoms with van der Waals surface area (Å²) in [6, 6.07) is 7.40. The molecule has 0 aromatic heterocycles. The van der Waals surface area contributed by atoms with Crippen molar-refractivity contribution in [2.45, 2.75) is 6.92 Å². The van der Waals surface area contributed by atoms with Gasteiger partial charge in [0, 0.05) is 5.56 Å². The minimum absolute atomic E-state index is 0.0380. The SMILES string of the molecule is Cc1ccc(C(=CCOC(N)=O)N=C=O)cc1. The van der Waals surface area contributed by atoms with Crippen LogP contribution in [0.1, 0.15) is 11.1 Å². The van der Waals surface area contributed by atoms with Crippen LogP contribution in [-0.4, -0.2) is 18.8 Å². The van der Waals surface area contributed by atoms with Gasteiger partial charge in [-0.2, -0.15) is 4.99 Å². The Morgan fingerprint density at radius 1 is 1.47 bits per heavy atom. The highest BCUT2D eigenvalue weighted by Gasteiger charge is 2.00. The van der Waals surface area contributed by atoms with Gasteiger partial charge in [-0.3, -0.25) is 0 Å². The Morgan fingerprint density at radius 2 is 2.12 bits per heavy atom. The van der Waals surface area contributed by atoms with Crippen molar-refractivity contribution in [2.75, 3.05) is 6.61 Å². The number of amides is 1. The Morgan fingerprint density at radius 3 is 2.65 bits per heavy atom. The third-order valence-electron chi connectivity index (χ3n) is 2.02. The lowest BCUT2D eigenvalue weighted by Crippen LogP contribution is -2.12. The molecule has 0 aliphatic heterocycles. The zero-order chi connectivity index (χ0) is 12.7. The van der Waals surface area contributed by atoms with Crippen LogP contribution in [0.3, 0.4) is 0 Å². The molecule has 2 N–H and O–H groups in total. The molecule has 1 aromatic carbocycles. The first-order valence-corrected chi connectivity index (χ1v) is 4.91. The number of ether oxygens (including phenoxy) is 1. The smallest absolute Gasteiger partial charge is 0.404 e. The molecule has 1 amide bonds. The Bertz CT molecular complexity index is 471. The van der Waals surface area contributed by atoms with Crippen molar-refractivity contribution in [3.05, 3.63) is 41.5 Å². The topological polar surface area (TPSA) is 81.8 Å². The van der Waals surface area contributed by atoms with Crippen molar-refractivity contribution in [1.82, 2.24) is 0 Å². The van der Waals surface area contributed by atoms with Crippen molar-refractivity contribution in [3.63, 3.8) is 0 Å². The van der Waals surface area contributed by atoms with Gasteiger partial charge >= 0.3 is 6.09 Å². The molecule has 0 fully saturated rings. The zero-order valence-electron chi connectivity index (χ0n) is 9.34. The maximum Gasteiger partial charge on any atom is 0.404 e. The average Bonchev–Trinajstić information content (AvgIpc) is 2.29. The fraction of sp³-hybridized carbons (Fsp3) is 0.167. The normalized spacial score (nSPS) is 10.5. The fourth-order valence-corrected chi connectivity index (χ4v) is 1.20. The molecule has 0 saturated heterocycles. The minimum Gasteiger partial charge on any atom is -0.445 e. The van der Waals surface area contributed by atoms with Crippen molar-refractivity contribution in [1.29, 1.82) is 0 Å². The molecule has 0 atom stereocenters. The van der Waals surface area contributed by atoms with Crippen LogP contribution >= 0.6 is 0 Å². The second kappa shape index (κ2) is 6.25. The van der Waals surface area contributed by atoms with Crippen molar-refractivity contribution in [2.24, 2.45) is 10.7 Å². The lowest BCUT2D eigenvalue weighted by Gasteiger charge is -2.01. The first-order valence-electron chi connectivity index (χ1n) is 4.91. The van der Waals surface area contributed by atoms with E-state index in [9.17, 15) is 9.59 Å². The Labute approximate surface area is 98.6 Å². The summed E-state index contributed by atoms with van der Waals surface area (Å²) in [5.41, 5.74) is 7.04. The first kappa shape index (κ1) is 12.7. The van der Waals surface area contributed by atoms with Crippen LogP contribution in [0, 0.1) is 6.92 Å². The number of nitrogens with two attached hydrogens (primary N) is 1. The maximum absolute atomic E-state index is 10.4. The van der Waals surface area contributed by atoms with Crippen LogP contribution in [-0.2, 0) is 9.53 Å². The van der Waals surface area contributed by atoms with Gasteiger partial charge in [0.15, 0.2) is 0 Å². The summed E-state index contributed by atoms with van der Waals surface area (Å²) in [5, 5.41) is 0. The number of hydrogen-bond donors (Lipinski definition) is 1. The molecule has 0 aliphatic carbocycles. The van der Waals surface area contributed by atoms with Crippen LogP contribution < -0.4 is 5.73 Å². The molecule has 5 nitrogen and oxygen atoms in total. The highest BCUT2D eigenvalue weighted by Crippen LogP contribution is 2.15. The van der Waals surface area contributed by atoms with E-state index in [0.717, 1.165) is 11.1 Å². The standard InChI is InChI=1S/C12H12N2O3/c1-9-2-4-10(5-3-9)11(14-8-15)6-7-17-12(13)16/h2-6H,7H2,1H3,(H2,13,16). The van der Waals surface area contributed by atoms with Gasteiger partial charge in [0.1, 0.15) is 6.61 Å². The Kier molecular flexibility index (Phi) is 4.66. The van der Waals surface area contributed by atoms with Crippen LogP contribution in [0.4, 0.5) is 4.79 Å². The number of isocyanates is 1. The van der Waals surface area contributed by atoms with Gasteiger partial charge in [-0.1, -0.05) is 29.8 Å². The second-order valence-corrected chi connectivity index (χ2v) is 3.29. The highest BCUT2D eigenvalue weighted by molar-refractivity contribution is 5.70. The van der Waals surface area contributed by atoms with Crippen LogP contribution in [0.2, 0.25) is 0 Å². The molecule has 0 aliphatic rings. The number of primary amides is 1. The van der Waals surface area contributed by atoms with Crippen molar-refractivity contribution < 1.29 is 14.3 Å². The number of nitrogens with zero attached hydrogens (tertiary/aromatic N) is 1. The van der Waals surface area contributed by atoms with Gasteiger partial charge in [0.05, 0.1) is 5.70 Å². The van der Waals surface area contributed by atoms with Gasteiger partial charge in [0.2, 0.25) is 6.08 Å². The lowest BCUT2D eigenvalue weighted by atomic mass is 10.1. The molecular formula is C12H12N2O3. The zero-order valence-corrected chi connectivity index (χ0v) is 9.34. The molecule has 0 radical (unpaired) electrons. The van der Waals surface area contributed by atoms with Crippen molar-refractivity contribution in [3.8, 4) is 0 Å². The quantitative estimate of drug-likeness (QED) is 0.634. The predicted molar refractivity (Wildman–Crippen MR) is 62.8 cm³/mol. The summed E-state index contributed by atoms with van der Waals surface area (Å²) in [6.45, 7) is 1.91. The summed E-state index contributed by atoms with van der Waals surface area (Å²) in [4.78, 5) is 24.2. The predicted octanol–water partition coefficient (Wildman–Crippen LogP) is 1.77. The number of carbonyl (C=O) groups is 1. The van der Waals surface area contributed by atoms with Gasteiger partial charge in [0.25, 0.3) is 0 Å². The number of carbonyl (C=O) groups excluding carboxylic acids is 2. The molecule has 1 aromatic rings. The van der Waals surface area contributed by atoms with Crippen LogP contribution in [0.5, 0.6) is 0 Å². The number of hydrogen-bond acceptors (Lipinski definition) is 4. The monoisotopic (exact) mass is 232 g/mol. The molecule has 0 spiro atoms. The van der Waals surface area contributed by atoms with E-state index < -0.39 is 6.09 Å². The third-order valence-corrected chi connectivity index (χ3v) is 2.02. The average molecular weight is 232 g/mol. The van der Waals surface area contributed by atoms with E-state index in [1.165, 1.54) is 12.2 Å². The van der Waals surface area contributed by atoms with Gasteiger partial charge in [-0.15, -0.1) is 0 Å².